The second-order valence-corrected chi connectivity index (χ2v) is 6.17. The smallest absolute Gasteiger partial charge is 0.416 e. The van der Waals surface area contributed by atoms with Crippen molar-refractivity contribution in [2.45, 2.75) is 6.18 Å². The Morgan fingerprint density at radius 3 is 2.21 bits per heavy atom. The summed E-state index contributed by atoms with van der Waals surface area (Å²) in [5.41, 5.74) is 6.35. The van der Waals surface area contributed by atoms with E-state index >= 15 is 0 Å². The van der Waals surface area contributed by atoms with Crippen molar-refractivity contribution < 1.29 is 22.6 Å². The molecule has 0 atom stereocenters. The third-order valence-corrected chi connectivity index (χ3v) is 4.14. The van der Waals surface area contributed by atoms with Crippen molar-refractivity contribution >= 4 is 28.7 Å². The van der Waals surface area contributed by atoms with E-state index in [1.807, 2.05) is 0 Å². The third-order valence-electron chi connectivity index (χ3n) is 4.14. The molecule has 7 nitrogen and oxygen atoms in total. The maximum Gasteiger partial charge on any atom is 0.416 e. The second kappa shape index (κ2) is 7.38. The van der Waals surface area contributed by atoms with Gasteiger partial charge in [-0.3, -0.25) is 0 Å². The Bertz CT molecular complexity index is 1040. The van der Waals surface area contributed by atoms with E-state index in [0.717, 1.165) is 12.1 Å². The molecule has 4 N–H and O–H groups in total. The van der Waals surface area contributed by atoms with Crippen LogP contribution >= 0.6 is 0 Å². The third kappa shape index (κ3) is 4.10. The molecule has 3 aromatic rings. The molecule has 1 aliphatic rings. The lowest BCUT2D eigenvalue weighted by molar-refractivity contribution is -0.137. The van der Waals surface area contributed by atoms with E-state index in [0.29, 0.717) is 36.2 Å². The number of halogens is 3. The fourth-order valence-corrected chi connectivity index (χ4v) is 2.76. The van der Waals surface area contributed by atoms with E-state index in [1.165, 1.54) is 18.5 Å². The van der Waals surface area contributed by atoms with Gasteiger partial charge < -0.3 is 25.8 Å². The Morgan fingerprint density at radius 1 is 0.862 bits per heavy atom. The maximum absolute atomic E-state index is 12.9. The Hall–Kier alpha value is -3.69. The number of hydrogen-bond acceptors (Lipinski definition) is 7. The number of anilines is 5. The minimum Gasteiger partial charge on any atom is -0.486 e. The molecule has 0 amide bonds. The van der Waals surface area contributed by atoms with Crippen LogP contribution in [0.1, 0.15) is 5.56 Å². The van der Waals surface area contributed by atoms with Crippen LogP contribution in [0, 0.1) is 0 Å². The van der Waals surface area contributed by atoms with Gasteiger partial charge in [0.2, 0.25) is 0 Å². The zero-order valence-corrected chi connectivity index (χ0v) is 15.0. The van der Waals surface area contributed by atoms with Gasteiger partial charge in [0.25, 0.3) is 0 Å². The lowest BCUT2D eigenvalue weighted by atomic mass is 10.2. The highest BCUT2D eigenvalue weighted by molar-refractivity contribution is 5.80. The highest BCUT2D eigenvalue weighted by Crippen LogP contribution is 2.36. The molecule has 0 bridgehead atoms. The van der Waals surface area contributed by atoms with Crippen LogP contribution in [0.5, 0.6) is 11.5 Å². The maximum atomic E-state index is 12.9. The lowest BCUT2D eigenvalue weighted by Gasteiger charge is -2.19. The van der Waals surface area contributed by atoms with Gasteiger partial charge in [0.15, 0.2) is 23.1 Å². The van der Waals surface area contributed by atoms with Crippen LogP contribution in [0.3, 0.4) is 0 Å². The standard InChI is InChI=1S/C19H16F3N5O2/c20-19(21,22)11-2-1-3-12(8-11)26-17-16(23)18(25-10-24-17)27-13-4-5-14-15(9-13)29-7-6-28-14/h1-5,8-10H,6-7,23H2,(H2,24,25,26,27). The molecule has 10 heteroatoms. The zero-order chi connectivity index (χ0) is 20.4. The van der Waals surface area contributed by atoms with E-state index in [4.69, 9.17) is 15.2 Å². The average Bonchev–Trinajstić information content (AvgIpc) is 2.70. The van der Waals surface area contributed by atoms with Crippen LogP contribution in [-0.4, -0.2) is 23.2 Å². The molecular formula is C19H16F3N5O2. The molecule has 0 radical (unpaired) electrons. The number of nitrogens with one attached hydrogen (secondary N) is 2. The molecule has 0 saturated heterocycles. The van der Waals surface area contributed by atoms with Crippen molar-refractivity contribution in [3.8, 4) is 11.5 Å². The SMILES string of the molecule is Nc1c(Nc2cccc(C(F)(F)F)c2)ncnc1Nc1ccc2c(c1)OCCO2. The molecule has 1 aliphatic heterocycles. The topological polar surface area (TPSA) is 94.3 Å². The number of aromatic nitrogens is 2. The molecular weight excluding hydrogens is 387 g/mol. The number of alkyl halides is 3. The van der Waals surface area contributed by atoms with Gasteiger partial charge in [0, 0.05) is 17.4 Å². The monoisotopic (exact) mass is 403 g/mol. The van der Waals surface area contributed by atoms with Crippen LogP contribution < -0.4 is 25.8 Å². The van der Waals surface area contributed by atoms with Gasteiger partial charge >= 0.3 is 6.18 Å². The number of hydrogen-bond donors (Lipinski definition) is 3. The largest absolute Gasteiger partial charge is 0.486 e. The fraction of sp³-hybridized carbons (Fsp3) is 0.158. The van der Waals surface area contributed by atoms with Gasteiger partial charge in [-0.1, -0.05) is 6.07 Å². The Morgan fingerprint density at radius 2 is 1.52 bits per heavy atom. The summed E-state index contributed by atoms with van der Waals surface area (Å²) in [5.74, 6) is 1.71. The van der Waals surface area contributed by atoms with E-state index in [-0.39, 0.29) is 17.2 Å². The molecule has 150 valence electrons. The number of nitrogens with zero attached hydrogens (tertiary/aromatic N) is 2. The molecule has 29 heavy (non-hydrogen) atoms. The number of benzene rings is 2. The highest BCUT2D eigenvalue weighted by atomic mass is 19.4. The second-order valence-electron chi connectivity index (χ2n) is 6.17. The molecule has 0 fully saturated rings. The summed E-state index contributed by atoms with van der Waals surface area (Å²) in [5, 5.41) is 5.85. The van der Waals surface area contributed by atoms with Crippen molar-refractivity contribution in [3.05, 3.63) is 54.4 Å². The Labute approximate surface area is 163 Å². The van der Waals surface area contributed by atoms with E-state index in [9.17, 15) is 13.2 Å². The quantitative estimate of drug-likeness (QED) is 0.597. The molecule has 1 aromatic heterocycles. The van der Waals surface area contributed by atoms with Gasteiger partial charge in [-0.2, -0.15) is 13.2 Å². The van der Waals surface area contributed by atoms with E-state index < -0.39 is 11.7 Å². The van der Waals surface area contributed by atoms with Crippen molar-refractivity contribution in [2.24, 2.45) is 0 Å². The van der Waals surface area contributed by atoms with Gasteiger partial charge in [-0.05, 0) is 30.3 Å². The number of rotatable bonds is 4. The molecule has 2 heterocycles. The first kappa shape index (κ1) is 18.7. The molecule has 0 spiro atoms. The van der Waals surface area contributed by atoms with E-state index in [1.54, 1.807) is 18.2 Å². The van der Waals surface area contributed by atoms with Crippen molar-refractivity contribution in [1.82, 2.24) is 9.97 Å². The molecule has 0 unspecified atom stereocenters. The first-order valence-corrected chi connectivity index (χ1v) is 8.61. The zero-order valence-electron chi connectivity index (χ0n) is 15.0. The number of nitrogen functional groups attached to an aromatic ring is 1. The van der Waals surface area contributed by atoms with Crippen LogP contribution in [-0.2, 0) is 6.18 Å². The molecule has 4 rings (SSSR count). The average molecular weight is 403 g/mol. The normalized spacial score (nSPS) is 13.1. The summed E-state index contributed by atoms with van der Waals surface area (Å²) >= 11 is 0. The number of ether oxygens (including phenoxy) is 2. The predicted octanol–water partition coefficient (Wildman–Crippen LogP) is 4.34. The first-order chi connectivity index (χ1) is 13.9. The Kier molecular flexibility index (Phi) is 4.75. The van der Waals surface area contributed by atoms with Crippen molar-refractivity contribution in [3.63, 3.8) is 0 Å². The van der Waals surface area contributed by atoms with Gasteiger partial charge in [-0.15, -0.1) is 0 Å². The van der Waals surface area contributed by atoms with Crippen LogP contribution in [0.2, 0.25) is 0 Å². The first-order valence-electron chi connectivity index (χ1n) is 8.61. The molecule has 2 aromatic carbocycles. The predicted molar refractivity (Wildman–Crippen MR) is 102 cm³/mol. The molecule has 0 saturated carbocycles. The van der Waals surface area contributed by atoms with Gasteiger partial charge in [-0.25, -0.2) is 9.97 Å². The molecule has 0 aliphatic carbocycles. The summed E-state index contributed by atoms with van der Waals surface area (Å²) in [6.45, 7) is 0.945. The summed E-state index contributed by atoms with van der Waals surface area (Å²) in [6.07, 6.45) is -3.19. The van der Waals surface area contributed by atoms with Crippen LogP contribution in [0.4, 0.5) is 41.9 Å². The summed E-state index contributed by atoms with van der Waals surface area (Å²) in [4.78, 5) is 8.13. The fourth-order valence-electron chi connectivity index (χ4n) is 2.76. The van der Waals surface area contributed by atoms with Crippen molar-refractivity contribution in [2.75, 3.05) is 29.6 Å². The van der Waals surface area contributed by atoms with Crippen LogP contribution in [0.25, 0.3) is 0 Å². The minimum absolute atomic E-state index is 0.153. The number of nitrogens with two attached hydrogens (primary N) is 1. The number of fused-ring (bicyclic) bond motifs is 1. The minimum atomic E-state index is -4.44. The summed E-state index contributed by atoms with van der Waals surface area (Å²) < 4.78 is 49.7. The lowest BCUT2D eigenvalue weighted by Crippen LogP contribution is -2.15. The highest BCUT2D eigenvalue weighted by Gasteiger charge is 2.30. The Balaban J connectivity index is 1.56. The van der Waals surface area contributed by atoms with E-state index in [2.05, 4.69) is 20.6 Å². The summed E-state index contributed by atoms with van der Waals surface area (Å²) in [6, 6.07) is 10.0. The van der Waals surface area contributed by atoms with Crippen LogP contribution in [0.15, 0.2) is 48.8 Å². The van der Waals surface area contributed by atoms with Gasteiger partial charge in [0.05, 0.1) is 5.56 Å². The van der Waals surface area contributed by atoms with Crippen molar-refractivity contribution in [1.29, 1.82) is 0 Å². The van der Waals surface area contributed by atoms with Gasteiger partial charge in [0.1, 0.15) is 25.2 Å². The summed E-state index contributed by atoms with van der Waals surface area (Å²) in [7, 11) is 0.